The molecular weight excluding hydrogens is 489 g/mol. The van der Waals surface area contributed by atoms with Gasteiger partial charge in [-0.15, -0.1) is 0 Å². The quantitative estimate of drug-likeness (QED) is 0.539. The molecule has 1 amide bonds. The summed E-state index contributed by atoms with van der Waals surface area (Å²) in [4.78, 5) is 40.2. The van der Waals surface area contributed by atoms with E-state index in [1.54, 1.807) is 11.2 Å². The molecule has 194 valence electrons. The molecule has 0 aliphatic carbocycles. The van der Waals surface area contributed by atoms with Gasteiger partial charge in [-0.25, -0.2) is 14.8 Å². The first kappa shape index (κ1) is 24.7. The van der Waals surface area contributed by atoms with Crippen molar-refractivity contribution in [2.24, 2.45) is 4.99 Å². The number of nitrogens with one attached hydrogen (secondary N) is 2. The van der Waals surface area contributed by atoms with Crippen molar-refractivity contribution in [3.8, 4) is 0 Å². The average Bonchev–Trinajstić information content (AvgIpc) is 2.88. The maximum absolute atomic E-state index is 13.7. The van der Waals surface area contributed by atoms with Gasteiger partial charge in [0.2, 0.25) is 0 Å². The van der Waals surface area contributed by atoms with Gasteiger partial charge in [0.15, 0.2) is 5.69 Å². The summed E-state index contributed by atoms with van der Waals surface area (Å²) in [6, 6.07) is 6.46. The number of amides is 1. The third-order valence-electron chi connectivity index (χ3n) is 6.55. The number of anilines is 2. The number of halogens is 3. The van der Waals surface area contributed by atoms with E-state index in [2.05, 4.69) is 30.5 Å². The third-order valence-corrected chi connectivity index (χ3v) is 6.55. The Kier molecular flexibility index (Phi) is 6.31. The monoisotopic (exact) mass is 514 g/mol. The van der Waals surface area contributed by atoms with E-state index in [1.807, 2.05) is 19.1 Å². The first-order chi connectivity index (χ1) is 17.7. The summed E-state index contributed by atoms with van der Waals surface area (Å²) >= 11 is 0. The molecule has 5 rings (SSSR count). The lowest BCUT2D eigenvalue weighted by Gasteiger charge is -2.37. The molecule has 3 aromatic rings. The molecule has 13 heteroatoms. The molecule has 0 atom stereocenters. The molecule has 10 nitrogen and oxygen atoms in total. The van der Waals surface area contributed by atoms with Crippen LogP contribution in [0.15, 0.2) is 34.1 Å². The third kappa shape index (κ3) is 4.61. The Bertz CT molecular complexity index is 1460. The van der Waals surface area contributed by atoms with E-state index >= 15 is 0 Å². The Balaban J connectivity index is 1.35. The number of benzene rings is 1. The minimum absolute atomic E-state index is 0.0395. The van der Waals surface area contributed by atoms with Crippen LogP contribution >= 0.6 is 0 Å². The fourth-order valence-electron chi connectivity index (χ4n) is 4.76. The SMILES string of the molecule is CCn1c2c3c(cc(CN4CCN(c5ccc(C(=O)NC)nc5C(F)(F)F)CC4)cc3nc1=O)NC=N2. The number of aliphatic imine (C=N–C) groups is 1. The van der Waals surface area contributed by atoms with Crippen LogP contribution in [0.25, 0.3) is 10.9 Å². The number of hydrogen-bond donors (Lipinski definition) is 2. The molecule has 0 spiro atoms. The van der Waals surface area contributed by atoms with Crippen molar-refractivity contribution in [3.63, 3.8) is 0 Å². The van der Waals surface area contributed by atoms with E-state index in [0.29, 0.717) is 50.6 Å². The summed E-state index contributed by atoms with van der Waals surface area (Å²) < 4.78 is 42.8. The smallest absolute Gasteiger partial charge is 0.367 e. The summed E-state index contributed by atoms with van der Waals surface area (Å²) in [7, 11) is 1.34. The molecule has 37 heavy (non-hydrogen) atoms. The number of rotatable bonds is 5. The van der Waals surface area contributed by atoms with Crippen molar-refractivity contribution in [2.45, 2.75) is 26.2 Å². The van der Waals surface area contributed by atoms with Gasteiger partial charge in [0, 0.05) is 46.3 Å². The predicted octanol–water partition coefficient (Wildman–Crippen LogP) is 2.60. The predicted molar refractivity (Wildman–Crippen MR) is 134 cm³/mol. The molecule has 0 unspecified atom stereocenters. The molecular formula is C24H25F3N8O2. The molecule has 2 aromatic heterocycles. The van der Waals surface area contributed by atoms with Gasteiger partial charge in [-0.2, -0.15) is 18.2 Å². The van der Waals surface area contributed by atoms with Crippen LogP contribution in [0.3, 0.4) is 0 Å². The number of carbonyl (C=O) groups is 1. The van der Waals surface area contributed by atoms with E-state index < -0.39 is 17.8 Å². The van der Waals surface area contributed by atoms with Crippen LogP contribution in [0.5, 0.6) is 0 Å². The number of carbonyl (C=O) groups excluding carboxylic acids is 1. The van der Waals surface area contributed by atoms with Gasteiger partial charge in [0.05, 0.1) is 28.6 Å². The molecule has 1 saturated heterocycles. The lowest BCUT2D eigenvalue weighted by atomic mass is 10.1. The summed E-state index contributed by atoms with van der Waals surface area (Å²) in [5.41, 5.74) is 0.542. The highest BCUT2D eigenvalue weighted by Crippen LogP contribution is 2.36. The molecule has 0 bridgehead atoms. The first-order valence-corrected chi connectivity index (χ1v) is 11.8. The number of pyridine rings is 1. The second kappa shape index (κ2) is 9.47. The van der Waals surface area contributed by atoms with Crippen LogP contribution in [0, 0.1) is 0 Å². The van der Waals surface area contributed by atoms with Gasteiger partial charge in [-0.3, -0.25) is 14.3 Å². The highest BCUT2D eigenvalue weighted by molar-refractivity contribution is 6.06. The molecule has 1 aromatic carbocycles. The molecule has 4 heterocycles. The maximum atomic E-state index is 13.7. The highest BCUT2D eigenvalue weighted by Gasteiger charge is 2.38. The fraction of sp³-hybridized carbons (Fsp3) is 0.375. The van der Waals surface area contributed by atoms with Crippen molar-refractivity contribution in [1.82, 2.24) is 24.8 Å². The first-order valence-electron chi connectivity index (χ1n) is 11.8. The minimum Gasteiger partial charge on any atom is -0.367 e. The molecule has 2 aliphatic heterocycles. The zero-order valence-electron chi connectivity index (χ0n) is 20.3. The van der Waals surface area contributed by atoms with Crippen LogP contribution in [-0.2, 0) is 19.3 Å². The van der Waals surface area contributed by atoms with Gasteiger partial charge in [0.1, 0.15) is 11.5 Å². The molecule has 2 aliphatic rings. The average molecular weight is 515 g/mol. The normalized spacial score (nSPS) is 15.6. The number of piperazine rings is 1. The highest BCUT2D eigenvalue weighted by atomic mass is 19.4. The topological polar surface area (TPSA) is 108 Å². The van der Waals surface area contributed by atoms with Crippen LogP contribution in [0.4, 0.5) is 30.4 Å². The van der Waals surface area contributed by atoms with Crippen molar-refractivity contribution < 1.29 is 18.0 Å². The van der Waals surface area contributed by atoms with E-state index in [0.717, 1.165) is 16.6 Å². The second-order valence-electron chi connectivity index (χ2n) is 8.81. The summed E-state index contributed by atoms with van der Waals surface area (Å²) in [5, 5.41) is 6.21. The number of aromatic nitrogens is 3. The molecule has 2 N–H and O–H groups in total. The van der Waals surface area contributed by atoms with Gasteiger partial charge < -0.3 is 15.5 Å². The second-order valence-corrected chi connectivity index (χ2v) is 8.81. The van der Waals surface area contributed by atoms with E-state index in [-0.39, 0.29) is 17.1 Å². The van der Waals surface area contributed by atoms with E-state index in [1.165, 1.54) is 23.7 Å². The van der Waals surface area contributed by atoms with Crippen molar-refractivity contribution >= 4 is 40.3 Å². The largest absolute Gasteiger partial charge is 0.435 e. The van der Waals surface area contributed by atoms with E-state index in [9.17, 15) is 22.8 Å². The van der Waals surface area contributed by atoms with Gasteiger partial charge >= 0.3 is 11.9 Å². The Morgan fingerprint density at radius 2 is 1.89 bits per heavy atom. The zero-order valence-corrected chi connectivity index (χ0v) is 20.3. The Labute approximate surface area is 209 Å². The van der Waals surface area contributed by atoms with Gasteiger partial charge in [-0.05, 0) is 36.8 Å². The molecule has 0 saturated carbocycles. The molecule has 0 radical (unpaired) electrons. The minimum atomic E-state index is -4.69. The molecule has 1 fully saturated rings. The summed E-state index contributed by atoms with van der Waals surface area (Å²) in [5.74, 6) is -0.102. The standard InChI is InChI=1S/C24H25F3N8O2/c1-3-35-21-19-16(29-13-30-21)10-14(11-17(19)32-23(35)37)12-33-6-8-34(9-7-33)18-5-4-15(22(36)28-2)31-20(18)24(25,26)27/h4-5,10-11,13H,3,6-9,12H2,1-2H3,(H,28,36)(H,29,30). The lowest BCUT2D eigenvalue weighted by molar-refractivity contribution is -0.140. The Morgan fingerprint density at radius 3 is 2.57 bits per heavy atom. The zero-order chi connectivity index (χ0) is 26.3. The van der Waals surface area contributed by atoms with Crippen molar-refractivity contribution in [2.75, 3.05) is 43.4 Å². The lowest BCUT2D eigenvalue weighted by Crippen LogP contribution is -2.46. The van der Waals surface area contributed by atoms with Crippen LogP contribution in [-0.4, -0.2) is 64.9 Å². The van der Waals surface area contributed by atoms with Crippen LogP contribution in [0.1, 0.15) is 28.7 Å². The summed E-state index contributed by atoms with van der Waals surface area (Å²) in [6.07, 6.45) is -3.14. The summed E-state index contributed by atoms with van der Waals surface area (Å²) in [6.45, 7) is 4.63. The van der Waals surface area contributed by atoms with Crippen molar-refractivity contribution in [1.29, 1.82) is 0 Å². The van der Waals surface area contributed by atoms with Crippen molar-refractivity contribution in [3.05, 3.63) is 51.7 Å². The van der Waals surface area contributed by atoms with Crippen LogP contribution in [0.2, 0.25) is 0 Å². The van der Waals surface area contributed by atoms with Crippen LogP contribution < -0.4 is 21.2 Å². The van der Waals surface area contributed by atoms with Gasteiger partial charge in [-0.1, -0.05) is 0 Å². The Hall–Kier alpha value is -4.00. The number of hydrogen-bond acceptors (Lipinski definition) is 8. The van der Waals surface area contributed by atoms with Gasteiger partial charge in [0.25, 0.3) is 5.91 Å². The fourth-order valence-corrected chi connectivity index (χ4v) is 4.76. The number of alkyl halides is 3. The Morgan fingerprint density at radius 1 is 1.14 bits per heavy atom. The number of nitrogens with zero attached hydrogens (tertiary/aromatic N) is 6. The van der Waals surface area contributed by atoms with E-state index in [4.69, 9.17) is 0 Å². The maximum Gasteiger partial charge on any atom is 0.435 e.